The van der Waals surface area contributed by atoms with E-state index < -0.39 is 0 Å². The van der Waals surface area contributed by atoms with Crippen LogP contribution in [-0.2, 0) is 16.0 Å². The number of piperidine rings is 2. The van der Waals surface area contributed by atoms with E-state index in [0.717, 1.165) is 51.9 Å². The van der Waals surface area contributed by atoms with Crippen molar-refractivity contribution in [2.45, 2.75) is 32.1 Å². The summed E-state index contributed by atoms with van der Waals surface area (Å²) in [6.07, 6.45) is 4.53. The summed E-state index contributed by atoms with van der Waals surface area (Å²) in [7, 11) is 0. The number of hydrogen-bond donors (Lipinski definition) is 0. The third kappa shape index (κ3) is 4.32. The van der Waals surface area contributed by atoms with Crippen LogP contribution in [0.4, 0.5) is 4.79 Å². The van der Waals surface area contributed by atoms with Gasteiger partial charge in [-0.15, -0.1) is 0 Å². The lowest BCUT2D eigenvalue weighted by Gasteiger charge is -2.49. The number of rotatable bonds is 3. The Bertz CT molecular complexity index is 690. The van der Waals surface area contributed by atoms with Crippen molar-refractivity contribution in [1.29, 1.82) is 0 Å². The van der Waals surface area contributed by atoms with Gasteiger partial charge in [-0.2, -0.15) is 0 Å². The maximum atomic E-state index is 13.0. The van der Waals surface area contributed by atoms with Gasteiger partial charge in [0.05, 0.1) is 13.2 Å². The summed E-state index contributed by atoms with van der Waals surface area (Å²) in [5.74, 6) is 0.262. The number of benzene rings is 1. The van der Waals surface area contributed by atoms with Gasteiger partial charge in [0.25, 0.3) is 0 Å². The molecule has 0 radical (unpaired) electrons. The molecule has 6 heteroatoms. The third-order valence-electron chi connectivity index (χ3n) is 6.47. The number of amides is 3. The molecule has 0 saturated carbocycles. The van der Waals surface area contributed by atoms with Crippen LogP contribution in [0, 0.1) is 5.41 Å². The highest BCUT2D eigenvalue weighted by Gasteiger charge is 2.43. The Morgan fingerprint density at radius 2 is 1.79 bits per heavy atom. The van der Waals surface area contributed by atoms with Crippen molar-refractivity contribution >= 4 is 11.9 Å². The molecule has 1 aromatic rings. The van der Waals surface area contributed by atoms with Crippen LogP contribution < -0.4 is 0 Å². The van der Waals surface area contributed by atoms with Crippen molar-refractivity contribution in [1.82, 2.24) is 14.7 Å². The largest absolute Gasteiger partial charge is 0.378 e. The predicted octanol–water partition coefficient (Wildman–Crippen LogP) is 2.39. The molecule has 28 heavy (non-hydrogen) atoms. The first-order valence-electron chi connectivity index (χ1n) is 10.6. The van der Waals surface area contributed by atoms with Gasteiger partial charge in [-0.25, -0.2) is 4.79 Å². The van der Waals surface area contributed by atoms with Crippen molar-refractivity contribution in [3.05, 3.63) is 35.9 Å². The molecular formula is C22H31N3O3. The smallest absolute Gasteiger partial charge is 0.320 e. The monoisotopic (exact) mass is 385 g/mol. The molecule has 0 aromatic heterocycles. The maximum Gasteiger partial charge on any atom is 0.320 e. The first-order chi connectivity index (χ1) is 13.7. The number of morpholine rings is 1. The fraction of sp³-hybridized carbons (Fsp3) is 0.636. The molecule has 0 unspecified atom stereocenters. The molecule has 1 atom stereocenters. The van der Waals surface area contributed by atoms with E-state index in [-0.39, 0.29) is 17.4 Å². The molecule has 3 heterocycles. The van der Waals surface area contributed by atoms with Crippen LogP contribution in [0.25, 0.3) is 0 Å². The van der Waals surface area contributed by atoms with Gasteiger partial charge in [-0.1, -0.05) is 30.3 Å². The lowest BCUT2D eigenvalue weighted by Crippen LogP contribution is -2.58. The van der Waals surface area contributed by atoms with E-state index in [0.29, 0.717) is 32.7 Å². The number of urea groups is 1. The zero-order valence-electron chi connectivity index (χ0n) is 16.6. The minimum atomic E-state index is 0.0603. The number of nitrogens with zero attached hydrogens (tertiary/aromatic N) is 3. The molecule has 0 bridgehead atoms. The van der Waals surface area contributed by atoms with Crippen LogP contribution in [0.3, 0.4) is 0 Å². The van der Waals surface area contributed by atoms with Gasteiger partial charge >= 0.3 is 6.03 Å². The minimum Gasteiger partial charge on any atom is -0.378 e. The molecule has 152 valence electrons. The Morgan fingerprint density at radius 3 is 2.57 bits per heavy atom. The van der Waals surface area contributed by atoms with E-state index in [4.69, 9.17) is 4.74 Å². The van der Waals surface area contributed by atoms with Crippen molar-refractivity contribution in [3.63, 3.8) is 0 Å². The second-order valence-corrected chi connectivity index (χ2v) is 8.46. The van der Waals surface area contributed by atoms with E-state index >= 15 is 0 Å². The highest BCUT2D eigenvalue weighted by Crippen LogP contribution is 2.39. The first-order valence-corrected chi connectivity index (χ1v) is 10.6. The Hall–Kier alpha value is -2.08. The molecule has 3 aliphatic rings. The molecule has 1 spiro atoms. The topological polar surface area (TPSA) is 53.1 Å². The first kappa shape index (κ1) is 19.2. The van der Waals surface area contributed by atoms with Gasteiger partial charge in [0, 0.05) is 51.1 Å². The van der Waals surface area contributed by atoms with Gasteiger partial charge < -0.3 is 19.4 Å². The zero-order chi connectivity index (χ0) is 19.4. The molecule has 4 rings (SSSR count). The van der Waals surface area contributed by atoms with E-state index in [9.17, 15) is 9.59 Å². The predicted molar refractivity (Wildman–Crippen MR) is 107 cm³/mol. The molecular weight excluding hydrogens is 354 g/mol. The van der Waals surface area contributed by atoms with Crippen molar-refractivity contribution in [2.24, 2.45) is 5.41 Å². The molecule has 3 saturated heterocycles. The van der Waals surface area contributed by atoms with Crippen LogP contribution in [0.1, 0.15) is 31.2 Å². The summed E-state index contributed by atoms with van der Waals surface area (Å²) >= 11 is 0. The fourth-order valence-electron chi connectivity index (χ4n) is 4.87. The molecule has 3 fully saturated rings. The van der Waals surface area contributed by atoms with Crippen LogP contribution in [0.2, 0.25) is 0 Å². The summed E-state index contributed by atoms with van der Waals surface area (Å²) in [4.78, 5) is 31.5. The highest BCUT2D eigenvalue weighted by molar-refractivity contribution is 5.77. The zero-order valence-corrected chi connectivity index (χ0v) is 16.6. The number of likely N-dealkylation sites (tertiary alicyclic amines) is 2. The van der Waals surface area contributed by atoms with Crippen LogP contribution >= 0.6 is 0 Å². The number of ether oxygens (including phenoxy) is 1. The number of hydrogen-bond acceptors (Lipinski definition) is 3. The number of carbonyl (C=O) groups excluding carboxylic acids is 2. The van der Waals surface area contributed by atoms with Gasteiger partial charge in [0.2, 0.25) is 5.91 Å². The minimum absolute atomic E-state index is 0.0603. The summed E-state index contributed by atoms with van der Waals surface area (Å²) in [5.41, 5.74) is 1.33. The Labute approximate surface area is 167 Å². The average Bonchev–Trinajstić information content (AvgIpc) is 2.75. The SMILES string of the molecule is O=C1CC[C@@]2(CCCN(C(=O)N3CCOCC3)C2)CN1CCc1ccccc1. The van der Waals surface area contributed by atoms with Crippen molar-refractivity contribution in [2.75, 3.05) is 52.5 Å². The summed E-state index contributed by atoms with van der Waals surface area (Å²) in [6.45, 7) is 5.79. The second-order valence-electron chi connectivity index (χ2n) is 8.46. The van der Waals surface area contributed by atoms with Gasteiger partial charge in [-0.3, -0.25) is 4.79 Å². The van der Waals surface area contributed by atoms with Crippen molar-refractivity contribution in [3.8, 4) is 0 Å². The fourth-order valence-corrected chi connectivity index (χ4v) is 4.87. The lowest BCUT2D eigenvalue weighted by atomic mass is 9.73. The highest BCUT2D eigenvalue weighted by atomic mass is 16.5. The van der Waals surface area contributed by atoms with Gasteiger partial charge in [-0.05, 0) is 31.2 Å². The van der Waals surface area contributed by atoms with E-state index in [2.05, 4.69) is 12.1 Å². The summed E-state index contributed by atoms with van der Waals surface area (Å²) < 4.78 is 5.38. The average molecular weight is 386 g/mol. The van der Waals surface area contributed by atoms with Crippen molar-refractivity contribution < 1.29 is 14.3 Å². The Kier molecular flexibility index (Phi) is 5.85. The van der Waals surface area contributed by atoms with E-state index in [1.807, 2.05) is 32.9 Å². The third-order valence-corrected chi connectivity index (χ3v) is 6.47. The molecule has 3 aliphatic heterocycles. The van der Waals surface area contributed by atoms with Gasteiger partial charge in [0.1, 0.15) is 0 Å². The molecule has 0 N–H and O–H groups in total. The molecule has 1 aromatic carbocycles. The van der Waals surface area contributed by atoms with Gasteiger partial charge in [0.15, 0.2) is 0 Å². The summed E-state index contributed by atoms with van der Waals surface area (Å²) in [6, 6.07) is 10.5. The quantitative estimate of drug-likeness (QED) is 0.803. The molecule has 3 amide bonds. The number of carbonyl (C=O) groups is 2. The standard InChI is InChI=1S/C22H31N3O3/c26-20-7-10-22(17-24(20)12-8-19-5-2-1-3-6-19)9-4-11-25(18-22)21(27)23-13-15-28-16-14-23/h1-3,5-6H,4,7-18H2/t22-/m0/s1. The Morgan fingerprint density at radius 1 is 1.00 bits per heavy atom. The second kappa shape index (κ2) is 8.52. The lowest BCUT2D eigenvalue weighted by molar-refractivity contribution is -0.139. The van der Waals surface area contributed by atoms with E-state index in [1.54, 1.807) is 0 Å². The van der Waals surface area contributed by atoms with Crippen LogP contribution in [0.15, 0.2) is 30.3 Å². The normalized spacial score (nSPS) is 26.0. The van der Waals surface area contributed by atoms with Crippen LogP contribution in [-0.4, -0.2) is 79.1 Å². The molecule has 0 aliphatic carbocycles. The molecule has 6 nitrogen and oxygen atoms in total. The maximum absolute atomic E-state index is 13.0. The van der Waals surface area contributed by atoms with Crippen LogP contribution in [0.5, 0.6) is 0 Å². The van der Waals surface area contributed by atoms with E-state index in [1.165, 1.54) is 5.56 Å². The summed E-state index contributed by atoms with van der Waals surface area (Å²) in [5, 5.41) is 0. The Balaban J connectivity index is 1.38.